The minimum Gasteiger partial charge on any atom is -0.365 e. The van der Waals surface area contributed by atoms with Crippen LogP contribution in [0.25, 0.3) is 0 Å². The van der Waals surface area contributed by atoms with Crippen molar-refractivity contribution < 1.29 is 4.92 Å². The standard InChI is InChI=1S/C11H11N3O2S/c1-8-4-5-17-10(8)7-13-11-3-2-9(6-12-11)14(15)16/h2-6H,7H2,1H3,(H,12,13). The van der Waals surface area contributed by atoms with Gasteiger partial charge in [0.05, 0.1) is 11.5 Å². The van der Waals surface area contributed by atoms with Crippen molar-refractivity contribution in [3.05, 3.63) is 50.3 Å². The number of aryl methyl sites for hydroxylation is 1. The molecule has 2 rings (SSSR count). The molecular formula is C11H11N3O2S. The van der Waals surface area contributed by atoms with E-state index in [2.05, 4.69) is 23.3 Å². The Morgan fingerprint density at radius 2 is 2.29 bits per heavy atom. The Labute approximate surface area is 102 Å². The van der Waals surface area contributed by atoms with Crippen LogP contribution >= 0.6 is 11.3 Å². The van der Waals surface area contributed by atoms with Crippen molar-refractivity contribution in [1.29, 1.82) is 0 Å². The molecule has 0 amide bonds. The minimum atomic E-state index is -0.458. The van der Waals surface area contributed by atoms with E-state index >= 15 is 0 Å². The Balaban J connectivity index is 2.00. The van der Waals surface area contributed by atoms with Crippen LogP contribution < -0.4 is 5.32 Å². The zero-order valence-corrected chi connectivity index (χ0v) is 10.0. The van der Waals surface area contributed by atoms with Gasteiger partial charge in [-0.25, -0.2) is 4.98 Å². The summed E-state index contributed by atoms with van der Waals surface area (Å²) in [4.78, 5) is 15.2. The maximum Gasteiger partial charge on any atom is 0.287 e. The Bertz CT molecular complexity index is 522. The number of nitrogens with one attached hydrogen (secondary N) is 1. The van der Waals surface area contributed by atoms with Gasteiger partial charge in [0.25, 0.3) is 5.69 Å². The number of hydrogen-bond acceptors (Lipinski definition) is 5. The molecule has 0 aliphatic carbocycles. The monoisotopic (exact) mass is 249 g/mol. The normalized spacial score (nSPS) is 10.2. The molecule has 0 aromatic carbocycles. The Morgan fingerprint density at radius 1 is 1.47 bits per heavy atom. The van der Waals surface area contributed by atoms with Crippen LogP contribution in [0.5, 0.6) is 0 Å². The van der Waals surface area contributed by atoms with Crippen molar-refractivity contribution in [2.45, 2.75) is 13.5 Å². The summed E-state index contributed by atoms with van der Waals surface area (Å²) in [6, 6.07) is 5.11. The van der Waals surface area contributed by atoms with Crippen molar-refractivity contribution >= 4 is 22.8 Å². The van der Waals surface area contributed by atoms with Gasteiger partial charge in [-0.05, 0) is 30.0 Å². The molecule has 0 radical (unpaired) electrons. The molecule has 0 unspecified atom stereocenters. The quantitative estimate of drug-likeness (QED) is 0.668. The van der Waals surface area contributed by atoms with Crippen molar-refractivity contribution in [2.24, 2.45) is 0 Å². The number of thiophene rings is 1. The first-order chi connectivity index (χ1) is 8.16. The van der Waals surface area contributed by atoms with Crippen molar-refractivity contribution in [3.63, 3.8) is 0 Å². The predicted octanol–water partition coefficient (Wildman–Crippen LogP) is 2.97. The number of aromatic nitrogens is 1. The fourth-order valence-corrected chi connectivity index (χ4v) is 2.20. The van der Waals surface area contributed by atoms with Crippen molar-refractivity contribution in [2.75, 3.05) is 5.32 Å². The van der Waals surface area contributed by atoms with Gasteiger partial charge in [0, 0.05) is 10.9 Å². The summed E-state index contributed by atoms with van der Waals surface area (Å²) in [6.07, 6.45) is 1.25. The maximum atomic E-state index is 10.4. The second-order valence-electron chi connectivity index (χ2n) is 3.54. The third kappa shape index (κ3) is 2.79. The molecule has 0 aliphatic rings. The summed E-state index contributed by atoms with van der Waals surface area (Å²) in [5, 5.41) is 15.6. The van der Waals surface area contributed by atoms with Gasteiger partial charge in [-0.1, -0.05) is 0 Å². The van der Waals surface area contributed by atoms with Crippen LogP contribution in [0.3, 0.4) is 0 Å². The molecule has 0 fully saturated rings. The van der Waals surface area contributed by atoms with Gasteiger partial charge in [-0.2, -0.15) is 0 Å². The smallest absolute Gasteiger partial charge is 0.287 e. The first-order valence-corrected chi connectivity index (χ1v) is 5.92. The van der Waals surface area contributed by atoms with Crippen LogP contribution in [-0.2, 0) is 6.54 Å². The average Bonchev–Trinajstić information content (AvgIpc) is 2.73. The highest BCUT2D eigenvalue weighted by Crippen LogP contribution is 2.17. The molecule has 0 aliphatic heterocycles. The van der Waals surface area contributed by atoms with Crippen LogP contribution in [0.2, 0.25) is 0 Å². The van der Waals surface area contributed by atoms with Crippen LogP contribution in [0.4, 0.5) is 11.5 Å². The molecular weight excluding hydrogens is 238 g/mol. The lowest BCUT2D eigenvalue weighted by atomic mass is 10.3. The van der Waals surface area contributed by atoms with E-state index in [1.165, 1.54) is 22.7 Å². The van der Waals surface area contributed by atoms with E-state index in [1.807, 2.05) is 5.38 Å². The van der Waals surface area contributed by atoms with E-state index in [-0.39, 0.29) is 5.69 Å². The van der Waals surface area contributed by atoms with E-state index in [4.69, 9.17) is 0 Å². The van der Waals surface area contributed by atoms with Crippen LogP contribution in [0.15, 0.2) is 29.8 Å². The number of nitro groups is 1. The molecule has 6 heteroatoms. The van der Waals surface area contributed by atoms with E-state index in [0.29, 0.717) is 12.4 Å². The summed E-state index contributed by atoms with van der Waals surface area (Å²) in [7, 11) is 0. The minimum absolute atomic E-state index is 0.00264. The highest BCUT2D eigenvalue weighted by Gasteiger charge is 2.05. The molecule has 2 aromatic rings. The Morgan fingerprint density at radius 3 is 2.82 bits per heavy atom. The molecule has 5 nitrogen and oxygen atoms in total. The van der Waals surface area contributed by atoms with E-state index in [0.717, 1.165) is 0 Å². The highest BCUT2D eigenvalue weighted by molar-refractivity contribution is 7.10. The van der Waals surface area contributed by atoms with E-state index < -0.39 is 4.92 Å². The highest BCUT2D eigenvalue weighted by atomic mass is 32.1. The SMILES string of the molecule is Cc1ccsc1CNc1ccc([N+](=O)[O-])cn1. The molecule has 0 saturated carbocycles. The van der Waals surface area contributed by atoms with Crippen molar-refractivity contribution in [3.8, 4) is 0 Å². The molecule has 0 bridgehead atoms. The van der Waals surface area contributed by atoms with Crippen LogP contribution in [0.1, 0.15) is 10.4 Å². The van der Waals surface area contributed by atoms with Gasteiger partial charge in [0.1, 0.15) is 12.0 Å². The molecule has 0 spiro atoms. The van der Waals surface area contributed by atoms with Crippen LogP contribution in [0, 0.1) is 17.0 Å². The lowest BCUT2D eigenvalue weighted by Crippen LogP contribution is -2.01. The van der Waals surface area contributed by atoms with Gasteiger partial charge < -0.3 is 5.32 Å². The zero-order valence-electron chi connectivity index (χ0n) is 9.21. The van der Waals surface area contributed by atoms with Gasteiger partial charge in [-0.3, -0.25) is 10.1 Å². The second-order valence-corrected chi connectivity index (χ2v) is 4.54. The van der Waals surface area contributed by atoms with Gasteiger partial charge in [-0.15, -0.1) is 11.3 Å². The number of hydrogen-bond donors (Lipinski definition) is 1. The van der Waals surface area contributed by atoms with Gasteiger partial charge in [0.2, 0.25) is 0 Å². The summed E-state index contributed by atoms with van der Waals surface area (Å²) in [5.41, 5.74) is 1.24. The predicted molar refractivity (Wildman–Crippen MR) is 67.3 cm³/mol. The summed E-state index contributed by atoms with van der Waals surface area (Å²) in [5.74, 6) is 0.642. The van der Waals surface area contributed by atoms with Gasteiger partial charge >= 0.3 is 0 Å². The lowest BCUT2D eigenvalue weighted by Gasteiger charge is -2.04. The molecule has 17 heavy (non-hydrogen) atoms. The topological polar surface area (TPSA) is 68.1 Å². The summed E-state index contributed by atoms with van der Waals surface area (Å²) < 4.78 is 0. The maximum absolute atomic E-state index is 10.4. The molecule has 2 aromatic heterocycles. The van der Waals surface area contributed by atoms with Gasteiger partial charge in [0.15, 0.2) is 0 Å². The molecule has 88 valence electrons. The van der Waals surface area contributed by atoms with E-state index in [9.17, 15) is 10.1 Å². The number of nitrogens with zero attached hydrogens (tertiary/aromatic N) is 2. The number of anilines is 1. The Hall–Kier alpha value is -1.95. The summed E-state index contributed by atoms with van der Waals surface area (Å²) in [6.45, 7) is 2.74. The first-order valence-electron chi connectivity index (χ1n) is 5.04. The first kappa shape index (κ1) is 11.5. The summed E-state index contributed by atoms with van der Waals surface area (Å²) >= 11 is 1.68. The molecule has 2 heterocycles. The third-order valence-corrected chi connectivity index (χ3v) is 3.38. The second kappa shape index (κ2) is 4.92. The fourth-order valence-electron chi connectivity index (χ4n) is 1.35. The molecule has 0 atom stereocenters. The van der Waals surface area contributed by atoms with E-state index in [1.54, 1.807) is 17.4 Å². The lowest BCUT2D eigenvalue weighted by molar-refractivity contribution is -0.385. The molecule has 0 saturated heterocycles. The average molecular weight is 249 g/mol. The van der Waals surface area contributed by atoms with Crippen molar-refractivity contribution in [1.82, 2.24) is 4.98 Å². The fraction of sp³-hybridized carbons (Fsp3) is 0.182. The number of rotatable bonds is 4. The zero-order chi connectivity index (χ0) is 12.3. The number of pyridine rings is 1. The Kier molecular flexibility index (Phi) is 3.34. The largest absolute Gasteiger partial charge is 0.365 e. The third-order valence-electron chi connectivity index (χ3n) is 2.36. The molecule has 1 N–H and O–H groups in total. The van der Waals surface area contributed by atoms with Crippen LogP contribution in [-0.4, -0.2) is 9.91 Å².